The molecule has 2 heterocycles. The van der Waals surface area contributed by atoms with Crippen LogP contribution >= 0.6 is 11.3 Å². The van der Waals surface area contributed by atoms with Gasteiger partial charge in [-0.05, 0) is 56.2 Å². The number of carbonyl (C=O) groups is 1. The summed E-state index contributed by atoms with van der Waals surface area (Å²) in [4.78, 5) is 20.1. The van der Waals surface area contributed by atoms with E-state index in [9.17, 15) is 18.0 Å². The van der Waals surface area contributed by atoms with Crippen molar-refractivity contribution >= 4 is 32.7 Å². The lowest BCUT2D eigenvalue weighted by molar-refractivity contribution is -0.138. The zero-order chi connectivity index (χ0) is 25.3. The minimum Gasteiger partial charge on any atom is -0.492 e. The zero-order valence-corrected chi connectivity index (χ0v) is 20.6. The van der Waals surface area contributed by atoms with Gasteiger partial charge in [0.05, 0.1) is 22.2 Å². The third kappa shape index (κ3) is 5.87. The van der Waals surface area contributed by atoms with E-state index in [1.54, 1.807) is 12.1 Å². The Balaban J connectivity index is 1.38. The Kier molecular flexibility index (Phi) is 7.23. The predicted molar refractivity (Wildman–Crippen MR) is 130 cm³/mol. The molecule has 0 aliphatic carbocycles. The second-order valence-electron chi connectivity index (χ2n) is 9.06. The lowest BCUT2D eigenvalue weighted by Crippen LogP contribution is -2.57. The van der Waals surface area contributed by atoms with E-state index >= 15 is 0 Å². The van der Waals surface area contributed by atoms with Crippen molar-refractivity contribution in [2.45, 2.75) is 45.5 Å². The first-order valence-electron chi connectivity index (χ1n) is 11.4. The van der Waals surface area contributed by atoms with Gasteiger partial charge in [-0.2, -0.15) is 13.2 Å². The fourth-order valence-corrected chi connectivity index (χ4v) is 5.77. The van der Waals surface area contributed by atoms with Gasteiger partial charge in [0.2, 0.25) is 0 Å². The first kappa shape index (κ1) is 25.2. The van der Waals surface area contributed by atoms with Crippen LogP contribution in [0.25, 0.3) is 10.2 Å². The van der Waals surface area contributed by atoms with Crippen molar-refractivity contribution in [3.63, 3.8) is 0 Å². The minimum atomic E-state index is -4.37. The molecule has 1 aromatic heterocycles. The van der Waals surface area contributed by atoms with E-state index < -0.39 is 17.7 Å². The number of fused-ring (bicyclic) bond motifs is 1. The molecule has 35 heavy (non-hydrogen) atoms. The average molecular weight is 508 g/mol. The highest BCUT2D eigenvalue weighted by Gasteiger charge is 2.33. The summed E-state index contributed by atoms with van der Waals surface area (Å²) in [7, 11) is 0. The summed E-state index contributed by atoms with van der Waals surface area (Å²) in [5.41, 5.74) is 1.57. The number of rotatable bonds is 7. The molecule has 0 unspecified atom stereocenters. The smallest absolute Gasteiger partial charge is 0.416 e. The molecule has 3 aromatic rings. The SMILES string of the molecule is Cc1ccc(CC(=O)O)cc1OCCN1C[C@@H](C)N(c2nc3ccc(C(F)(F)F)cc3s2)[C@@H](C)C1. The van der Waals surface area contributed by atoms with E-state index in [4.69, 9.17) is 9.84 Å². The second-order valence-corrected chi connectivity index (χ2v) is 10.1. The molecule has 1 fully saturated rings. The van der Waals surface area contributed by atoms with Gasteiger partial charge in [-0.25, -0.2) is 4.98 Å². The highest BCUT2D eigenvalue weighted by Crippen LogP contribution is 2.37. The number of hydrogen-bond acceptors (Lipinski definition) is 6. The monoisotopic (exact) mass is 507 g/mol. The van der Waals surface area contributed by atoms with E-state index in [0.29, 0.717) is 34.7 Å². The summed E-state index contributed by atoms with van der Waals surface area (Å²) >= 11 is 1.29. The van der Waals surface area contributed by atoms with Gasteiger partial charge in [-0.1, -0.05) is 23.5 Å². The lowest BCUT2D eigenvalue weighted by atomic mass is 10.1. The van der Waals surface area contributed by atoms with Crippen molar-refractivity contribution in [1.82, 2.24) is 9.88 Å². The summed E-state index contributed by atoms with van der Waals surface area (Å²) in [6.45, 7) is 8.84. The molecule has 2 aromatic carbocycles. The van der Waals surface area contributed by atoms with Crippen LogP contribution in [-0.2, 0) is 17.4 Å². The van der Waals surface area contributed by atoms with Gasteiger partial charge < -0.3 is 14.7 Å². The maximum absolute atomic E-state index is 13.1. The van der Waals surface area contributed by atoms with E-state index in [0.717, 1.165) is 29.9 Å². The van der Waals surface area contributed by atoms with Crippen LogP contribution < -0.4 is 9.64 Å². The Morgan fingerprint density at radius 2 is 1.89 bits per heavy atom. The first-order chi connectivity index (χ1) is 16.5. The van der Waals surface area contributed by atoms with Crippen LogP contribution in [-0.4, -0.2) is 59.3 Å². The number of alkyl halides is 3. The van der Waals surface area contributed by atoms with Crippen LogP contribution in [0.15, 0.2) is 36.4 Å². The number of aromatic nitrogens is 1. The fourth-order valence-electron chi connectivity index (χ4n) is 4.56. The number of nitrogens with zero attached hydrogens (tertiary/aromatic N) is 3. The Morgan fingerprint density at radius 3 is 2.54 bits per heavy atom. The van der Waals surface area contributed by atoms with Crippen LogP contribution in [0, 0.1) is 6.92 Å². The number of hydrogen-bond donors (Lipinski definition) is 1. The number of ether oxygens (including phenoxy) is 1. The molecule has 4 rings (SSSR count). The molecular weight excluding hydrogens is 479 g/mol. The minimum absolute atomic E-state index is 0.0447. The average Bonchev–Trinajstić information content (AvgIpc) is 3.17. The van der Waals surface area contributed by atoms with E-state index in [1.807, 2.05) is 13.0 Å². The maximum Gasteiger partial charge on any atom is 0.416 e. The van der Waals surface area contributed by atoms with Crippen molar-refractivity contribution in [1.29, 1.82) is 0 Å². The van der Waals surface area contributed by atoms with Crippen LogP contribution in [0.4, 0.5) is 18.3 Å². The number of benzene rings is 2. The predicted octanol–water partition coefficient (Wildman–Crippen LogP) is 5.23. The van der Waals surface area contributed by atoms with Crippen molar-refractivity contribution in [2.75, 3.05) is 31.1 Å². The highest BCUT2D eigenvalue weighted by atomic mass is 32.1. The molecule has 1 N–H and O–H groups in total. The van der Waals surface area contributed by atoms with E-state index in [-0.39, 0.29) is 18.5 Å². The van der Waals surface area contributed by atoms with Crippen LogP contribution in [0.2, 0.25) is 0 Å². The van der Waals surface area contributed by atoms with Crippen molar-refractivity contribution in [3.8, 4) is 5.75 Å². The van der Waals surface area contributed by atoms with Crippen molar-refractivity contribution in [3.05, 3.63) is 53.1 Å². The standard InChI is InChI=1S/C25H28F3N3O3S/c1-15-4-5-18(11-23(32)33)10-21(15)34-9-8-30-13-16(2)31(17(3)14-30)24-29-20-7-6-19(25(26,27)28)12-22(20)35-24/h4-7,10,12,16-17H,8-9,11,13-14H2,1-3H3,(H,32,33)/t16-,17+. The molecule has 0 radical (unpaired) electrons. The van der Waals surface area contributed by atoms with Gasteiger partial charge in [0.25, 0.3) is 0 Å². The van der Waals surface area contributed by atoms with Gasteiger partial charge in [0.1, 0.15) is 12.4 Å². The van der Waals surface area contributed by atoms with Crippen LogP contribution in [0.3, 0.4) is 0 Å². The molecule has 0 amide bonds. The number of aryl methyl sites for hydroxylation is 1. The summed E-state index contributed by atoms with van der Waals surface area (Å²) in [5, 5.41) is 9.75. The number of anilines is 1. The number of halogens is 3. The number of piperazine rings is 1. The number of carboxylic acid groups (broad SMARTS) is 1. The van der Waals surface area contributed by atoms with Crippen LogP contribution in [0.5, 0.6) is 5.75 Å². The molecule has 188 valence electrons. The van der Waals surface area contributed by atoms with Crippen molar-refractivity contribution in [2.24, 2.45) is 0 Å². The largest absolute Gasteiger partial charge is 0.492 e. The molecule has 0 bridgehead atoms. The summed E-state index contributed by atoms with van der Waals surface area (Å²) in [6.07, 6.45) is -4.42. The Bertz CT molecular complexity index is 1200. The van der Waals surface area contributed by atoms with Gasteiger partial charge in [-0.3, -0.25) is 9.69 Å². The second kappa shape index (κ2) is 10.0. The fraction of sp³-hybridized carbons (Fsp3) is 0.440. The summed E-state index contributed by atoms with van der Waals surface area (Å²) in [6, 6.07) is 9.39. The number of aliphatic carboxylic acids is 1. The molecule has 1 aliphatic heterocycles. The summed E-state index contributed by atoms with van der Waals surface area (Å²) in [5.74, 6) is -0.189. The molecule has 1 saturated heterocycles. The molecule has 0 spiro atoms. The molecule has 6 nitrogen and oxygen atoms in total. The zero-order valence-electron chi connectivity index (χ0n) is 19.8. The third-order valence-electron chi connectivity index (χ3n) is 6.19. The quantitative estimate of drug-likeness (QED) is 0.473. The van der Waals surface area contributed by atoms with Gasteiger partial charge in [-0.15, -0.1) is 0 Å². The molecular formula is C25H28F3N3O3S. The lowest BCUT2D eigenvalue weighted by Gasteiger charge is -2.44. The Morgan fingerprint density at radius 1 is 1.17 bits per heavy atom. The summed E-state index contributed by atoms with van der Waals surface area (Å²) < 4.78 is 45.7. The van der Waals surface area contributed by atoms with Crippen molar-refractivity contribution < 1.29 is 27.8 Å². The Hall–Kier alpha value is -2.85. The highest BCUT2D eigenvalue weighted by molar-refractivity contribution is 7.22. The molecule has 2 atom stereocenters. The number of carboxylic acids is 1. The normalized spacial score (nSPS) is 19.3. The maximum atomic E-state index is 13.1. The van der Waals surface area contributed by atoms with E-state index in [1.165, 1.54) is 23.5 Å². The Labute approximate surface area is 205 Å². The molecule has 10 heteroatoms. The number of thiazole rings is 1. The topological polar surface area (TPSA) is 65.9 Å². The van der Waals surface area contributed by atoms with Gasteiger partial charge in [0, 0.05) is 31.7 Å². The van der Waals surface area contributed by atoms with E-state index in [2.05, 4.69) is 28.6 Å². The van der Waals surface area contributed by atoms with Gasteiger partial charge >= 0.3 is 12.1 Å². The van der Waals surface area contributed by atoms with Crippen LogP contribution in [0.1, 0.15) is 30.5 Å². The van der Waals surface area contributed by atoms with Gasteiger partial charge in [0.15, 0.2) is 5.13 Å². The molecule has 1 aliphatic rings. The first-order valence-corrected chi connectivity index (χ1v) is 12.3. The third-order valence-corrected chi connectivity index (χ3v) is 7.22. The molecule has 0 saturated carbocycles.